The van der Waals surface area contributed by atoms with Gasteiger partial charge in [0.15, 0.2) is 0 Å². The summed E-state index contributed by atoms with van der Waals surface area (Å²) >= 11 is 0. The van der Waals surface area contributed by atoms with Crippen molar-refractivity contribution >= 4 is 6.29 Å². The van der Waals surface area contributed by atoms with Gasteiger partial charge in [-0.15, -0.1) is 0 Å². The highest BCUT2D eigenvalue weighted by Crippen LogP contribution is 2.19. The molecule has 0 fully saturated rings. The number of aliphatic hydroxyl groups excluding tert-OH is 1. The molecule has 0 radical (unpaired) electrons. The Balaban J connectivity index is 0.000000981. The Morgan fingerprint density at radius 2 is 1.58 bits per heavy atom. The van der Waals surface area contributed by atoms with Gasteiger partial charge in [-0.2, -0.15) is 0 Å². The summed E-state index contributed by atoms with van der Waals surface area (Å²) in [5.41, 5.74) is 9.00. The molecule has 0 spiro atoms. The maximum Gasteiger partial charge on any atom is 0.145 e. The van der Waals surface area contributed by atoms with E-state index in [1.54, 1.807) is 14.0 Å². The van der Waals surface area contributed by atoms with Crippen LogP contribution in [-0.2, 0) is 35.2 Å². The van der Waals surface area contributed by atoms with Crippen LogP contribution in [0.15, 0.2) is 48.6 Å². The monoisotopic (exact) mass is 452 g/mol. The summed E-state index contributed by atoms with van der Waals surface area (Å²) in [4.78, 5) is 9.41. The molecule has 0 aliphatic heterocycles. The standard InChI is InChI=1S/C26H38O2.C4H6O/c1-5-6-7-8-25-12-9-22(15-20(25)2)10-13-26-14-11-23(16-21(26)3)17-24(18-27)19-28-4;1-4(2)3-5/h9,11-12,14-16,24,27H,5-8,10,13,17-19H2,1-4H3;3H,1H2,2H3. The molecule has 3 nitrogen and oxygen atoms in total. The number of carbonyl (C=O) groups is 1. The summed E-state index contributed by atoms with van der Waals surface area (Å²) in [6.45, 7) is 12.4. The molecule has 0 aromatic heterocycles. The first kappa shape index (κ1) is 28.8. The molecule has 2 aromatic carbocycles. The van der Waals surface area contributed by atoms with Crippen molar-refractivity contribution in [3.8, 4) is 0 Å². The third-order valence-electron chi connectivity index (χ3n) is 5.93. The number of ether oxygens (including phenoxy) is 1. The number of aldehydes is 1. The molecule has 0 bridgehead atoms. The zero-order chi connectivity index (χ0) is 24.6. The molecule has 0 heterocycles. The van der Waals surface area contributed by atoms with Crippen LogP contribution in [-0.4, -0.2) is 31.7 Å². The van der Waals surface area contributed by atoms with Crippen molar-refractivity contribution in [2.24, 2.45) is 5.92 Å². The molecule has 1 atom stereocenters. The highest BCUT2D eigenvalue weighted by atomic mass is 16.5. The van der Waals surface area contributed by atoms with Gasteiger partial charge >= 0.3 is 0 Å². The molecule has 182 valence electrons. The van der Waals surface area contributed by atoms with Crippen LogP contribution in [0.4, 0.5) is 0 Å². The molecule has 0 aliphatic rings. The second-order valence-corrected chi connectivity index (χ2v) is 9.15. The third kappa shape index (κ3) is 11.5. The second-order valence-electron chi connectivity index (χ2n) is 9.15. The van der Waals surface area contributed by atoms with Gasteiger partial charge in [0.1, 0.15) is 6.29 Å². The van der Waals surface area contributed by atoms with Crippen molar-refractivity contribution in [2.45, 2.75) is 72.6 Å². The van der Waals surface area contributed by atoms with Crippen molar-refractivity contribution in [2.75, 3.05) is 20.3 Å². The molecule has 0 amide bonds. The third-order valence-corrected chi connectivity index (χ3v) is 5.93. The largest absolute Gasteiger partial charge is 0.396 e. The van der Waals surface area contributed by atoms with Gasteiger partial charge in [-0.3, -0.25) is 4.79 Å². The highest BCUT2D eigenvalue weighted by molar-refractivity contribution is 5.70. The van der Waals surface area contributed by atoms with Gasteiger partial charge in [0.2, 0.25) is 0 Å². The number of unbranched alkanes of at least 4 members (excludes halogenated alkanes) is 2. The second kappa shape index (κ2) is 16.4. The molecule has 2 rings (SSSR count). The predicted molar refractivity (Wildman–Crippen MR) is 140 cm³/mol. The summed E-state index contributed by atoms with van der Waals surface area (Å²) in [6, 6.07) is 13.8. The zero-order valence-corrected chi connectivity index (χ0v) is 21.5. The Bertz CT molecular complexity index is 854. The topological polar surface area (TPSA) is 46.5 Å². The van der Waals surface area contributed by atoms with E-state index >= 15 is 0 Å². The van der Waals surface area contributed by atoms with Crippen LogP contribution in [0.3, 0.4) is 0 Å². The Hall–Kier alpha value is -2.23. The summed E-state index contributed by atoms with van der Waals surface area (Å²) in [5.74, 6) is 0.175. The molecule has 0 aliphatic carbocycles. The van der Waals surface area contributed by atoms with Crippen molar-refractivity contribution in [1.82, 2.24) is 0 Å². The fraction of sp³-hybridized carbons (Fsp3) is 0.500. The smallest absolute Gasteiger partial charge is 0.145 e. The Morgan fingerprint density at radius 3 is 2.09 bits per heavy atom. The van der Waals surface area contributed by atoms with Crippen LogP contribution in [0, 0.1) is 19.8 Å². The lowest BCUT2D eigenvalue weighted by atomic mass is 9.93. The average molecular weight is 453 g/mol. The lowest BCUT2D eigenvalue weighted by Gasteiger charge is -2.15. The number of carbonyl (C=O) groups excluding carboxylic acids is 1. The molecule has 1 N–H and O–H groups in total. The maximum atomic E-state index is 9.47. The number of methoxy groups -OCH3 is 1. The normalized spacial score (nSPS) is 11.5. The number of allylic oxidation sites excluding steroid dienone is 1. The lowest BCUT2D eigenvalue weighted by Crippen LogP contribution is -2.15. The van der Waals surface area contributed by atoms with E-state index in [1.807, 2.05) is 0 Å². The van der Waals surface area contributed by atoms with E-state index < -0.39 is 0 Å². The minimum Gasteiger partial charge on any atom is -0.396 e. The van der Waals surface area contributed by atoms with Gasteiger partial charge in [0, 0.05) is 19.6 Å². The summed E-state index contributed by atoms with van der Waals surface area (Å²) in [5, 5.41) is 9.47. The Labute approximate surface area is 201 Å². The minimum absolute atomic E-state index is 0.169. The van der Waals surface area contributed by atoms with Crippen LogP contribution in [0.2, 0.25) is 0 Å². The first-order valence-electron chi connectivity index (χ1n) is 12.2. The number of hydrogen-bond donors (Lipinski definition) is 1. The number of aryl methyl sites for hydroxylation is 5. The lowest BCUT2D eigenvalue weighted by molar-refractivity contribution is -0.104. The maximum absolute atomic E-state index is 9.47. The fourth-order valence-electron chi connectivity index (χ4n) is 3.95. The van der Waals surface area contributed by atoms with Crippen molar-refractivity contribution in [3.63, 3.8) is 0 Å². The van der Waals surface area contributed by atoms with E-state index in [0.29, 0.717) is 12.2 Å². The molecular formula is C30H44O3. The van der Waals surface area contributed by atoms with Crippen LogP contribution < -0.4 is 0 Å². The van der Waals surface area contributed by atoms with E-state index in [2.05, 4.69) is 63.7 Å². The van der Waals surface area contributed by atoms with Crippen LogP contribution >= 0.6 is 0 Å². The van der Waals surface area contributed by atoms with Gasteiger partial charge in [-0.05, 0) is 91.8 Å². The quantitative estimate of drug-likeness (QED) is 0.218. The van der Waals surface area contributed by atoms with Crippen LogP contribution in [0.25, 0.3) is 0 Å². The fourth-order valence-corrected chi connectivity index (χ4v) is 3.95. The highest BCUT2D eigenvalue weighted by Gasteiger charge is 2.10. The zero-order valence-electron chi connectivity index (χ0n) is 21.5. The summed E-state index contributed by atoms with van der Waals surface area (Å²) in [6.07, 6.45) is 8.84. The van der Waals surface area contributed by atoms with Crippen molar-refractivity contribution < 1.29 is 14.6 Å². The first-order valence-corrected chi connectivity index (χ1v) is 12.2. The number of aliphatic hydroxyl groups is 1. The van der Waals surface area contributed by atoms with Gasteiger partial charge < -0.3 is 9.84 Å². The summed E-state index contributed by atoms with van der Waals surface area (Å²) in [7, 11) is 1.69. The van der Waals surface area contributed by atoms with Gasteiger partial charge in [0.25, 0.3) is 0 Å². The average Bonchev–Trinajstić information content (AvgIpc) is 2.80. The van der Waals surface area contributed by atoms with Crippen molar-refractivity contribution in [1.29, 1.82) is 0 Å². The Kier molecular flexibility index (Phi) is 14.3. The van der Waals surface area contributed by atoms with Gasteiger partial charge in [-0.1, -0.05) is 62.7 Å². The molecule has 2 aromatic rings. The first-order chi connectivity index (χ1) is 15.8. The van der Waals surface area contributed by atoms with Crippen LogP contribution in [0.1, 0.15) is 66.5 Å². The number of benzene rings is 2. The molecule has 3 heteroatoms. The number of hydrogen-bond acceptors (Lipinski definition) is 3. The van der Waals surface area contributed by atoms with E-state index in [-0.39, 0.29) is 12.5 Å². The Morgan fingerprint density at radius 1 is 1.00 bits per heavy atom. The van der Waals surface area contributed by atoms with E-state index in [9.17, 15) is 9.90 Å². The number of rotatable bonds is 13. The van der Waals surface area contributed by atoms with E-state index in [0.717, 1.165) is 25.5 Å². The van der Waals surface area contributed by atoms with Gasteiger partial charge in [-0.25, -0.2) is 0 Å². The van der Waals surface area contributed by atoms with E-state index in [1.165, 1.54) is 59.1 Å². The molecule has 1 unspecified atom stereocenters. The van der Waals surface area contributed by atoms with Crippen LogP contribution in [0.5, 0.6) is 0 Å². The molecule has 0 saturated carbocycles. The van der Waals surface area contributed by atoms with E-state index in [4.69, 9.17) is 4.74 Å². The SMILES string of the molecule is C=C(C)C=O.CCCCCc1ccc(CCc2ccc(CC(CO)COC)cc2C)cc1C. The predicted octanol–water partition coefficient (Wildman–Crippen LogP) is 6.38. The molecule has 0 saturated heterocycles. The van der Waals surface area contributed by atoms with Crippen molar-refractivity contribution in [3.05, 3.63) is 81.9 Å². The minimum atomic E-state index is 0.169. The summed E-state index contributed by atoms with van der Waals surface area (Å²) < 4.78 is 5.19. The molecular weight excluding hydrogens is 408 g/mol. The van der Waals surface area contributed by atoms with Gasteiger partial charge in [0.05, 0.1) is 6.61 Å². The molecule has 33 heavy (non-hydrogen) atoms.